The normalized spacial score (nSPS) is 11.3. The summed E-state index contributed by atoms with van der Waals surface area (Å²) < 4.78 is 28.6. The molecule has 0 radical (unpaired) electrons. The molecule has 0 aliphatic carbocycles. The molecule has 0 aliphatic heterocycles. The number of pyridine rings is 1. The molecule has 2 N–H and O–H groups in total. The highest BCUT2D eigenvalue weighted by Crippen LogP contribution is 2.27. The van der Waals surface area contributed by atoms with E-state index >= 15 is 0 Å². The van der Waals surface area contributed by atoms with Crippen molar-refractivity contribution in [2.75, 3.05) is 6.61 Å². The maximum Gasteiger partial charge on any atom is 0.238 e. The molecule has 0 saturated heterocycles. The van der Waals surface area contributed by atoms with Crippen LogP contribution in [0.2, 0.25) is 0 Å². The fourth-order valence-corrected chi connectivity index (χ4v) is 2.79. The fourth-order valence-electron chi connectivity index (χ4n) is 1.60. The molecule has 0 fully saturated rings. The molecule has 1 heterocycles. The summed E-state index contributed by atoms with van der Waals surface area (Å²) in [6, 6.07) is 8.25. The molecule has 2 rings (SSSR count). The highest BCUT2D eigenvalue weighted by Gasteiger charge is 2.10. The largest absolute Gasteiger partial charge is 0.492 e. The van der Waals surface area contributed by atoms with Crippen LogP contribution in [0.4, 0.5) is 0 Å². The van der Waals surface area contributed by atoms with E-state index in [1.54, 1.807) is 18.5 Å². The Kier molecular flexibility index (Phi) is 4.74. The molecule has 0 bridgehead atoms. The summed E-state index contributed by atoms with van der Waals surface area (Å²) in [6.07, 6.45) is 4.21. The molecule has 1 aromatic carbocycles. The van der Waals surface area contributed by atoms with Crippen molar-refractivity contribution in [2.24, 2.45) is 5.14 Å². The number of benzene rings is 1. The van der Waals surface area contributed by atoms with Crippen molar-refractivity contribution in [3.63, 3.8) is 0 Å². The summed E-state index contributed by atoms with van der Waals surface area (Å²) in [4.78, 5) is 4.07. The minimum Gasteiger partial charge on any atom is -0.492 e. The van der Waals surface area contributed by atoms with Gasteiger partial charge in [-0.3, -0.25) is 4.98 Å². The summed E-state index contributed by atoms with van der Waals surface area (Å²) in [5.74, 6) is 0.571. The van der Waals surface area contributed by atoms with Crippen molar-refractivity contribution in [1.82, 2.24) is 4.98 Å². The molecule has 0 unspecified atom stereocenters. The van der Waals surface area contributed by atoms with Gasteiger partial charge in [-0.1, -0.05) is 6.07 Å². The first-order valence-electron chi connectivity index (χ1n) is 5.81. The molecular formula is C13H13BrN2O3S. The van der Waals surface area contributed by atoms with Gasteiger partial charge in [0.2, 0.25) is 10.0 Å². The van der Waals surface area contributed by atoms with Gasteiger partial charge in [-0.25, -0.2) is 13.6 Å². The predicted octanol–water partition coefficient (Wildman–Crippen LogP) is 2.11. The third-order valence-electron chi connectivity index (χ3n) is 2.60. The Hall–Kier alpha value is -1.44. The van der Waals surface area contributed by atoms with Crippen LogP contribution in [-0.2, 0) is 16.4 Å². The van der Waals surface area contributed by atoms with E-state index in [0.29, 0.717) is 16.8 Å². The van der Waals surface area contributed by atoms with E-state index in [1.807, 2.05) is 12.1 Å². The second kappa shape index (κ2) is 6.34. The van der Waals surface area contributed by atoms with Crippen molar-refractivity contribution >= 4 is 26.0 Å². The first-order valence-corrected chi connectivity index (χ1v) is 8.15. The first kappa shape index (κ1) is 15.0. The van der Waals surface area contributed by atoms with Crippen molar-refractivity contribution in [3.8, 4) is 5.75 Å². The number of hydrogen-bond acceptors (Lipinski definition) is 4. The Morgan fingerprint density at radius 3 is 2.70 bits per heavy atom. The SMILES string of the molecule is NS(=O)(=O)c1ccc(OCCc2cccnc2)c(Br)c1. The maximum atomic E-state index is 11.2. The first-order chi connectivity index (χ1) is 9.47. The third-order valence-corrected chi connectivity index (χ3v) is 4.13. The van der Waals surface area contributed by atoms with Gasteiger partial charge in [0, 0.05) is 18.8 Å². The van der Waals surface area contributed by atoms with Crippen molar-refractivity contribution in [1.29, 1.82) is 0 Å². The van der Waals surface area contributed by atoms with Gasteiger partial charge < -0.3 is 4.74 Å². The molecule has 0 amide bonds. The van der Waals surface area contributed by atoms with E-state index in [9.17, 15) is 8.42 Å². The fraction of sp³-hybridized carbons (Fsp3) is 0.154. The molecule has 0 atom stereocenters. The molecule has 5 nitrogen and oxygen atoms in total. The Balaban J connectivity index is 2.00. The number of sulfonamides is 1. The van der Waals surface area contributed by atoms with Gasteiger partial charge in [0.25, 0.3) is 0 Å². The standard InChI is InChI=1S/C13H13BrN2O3S/c14-12-8-11(20(15,17)18)3-4-13(12)19-7-5-10-2-1-6-16-9-10/h1-4,6,8-9H,5,7H2,(H2,15,17,18). The van der Waals surface area contributed by atoms with Crippen LogP contribution in [0.15, 0.2) is 52.1 Å². The second-order valence-corrected chi connectivity index (χ2v) is 6.51. The van der Waals surface area contributed by atoms with Gasteiger partial charge in [-0.05, 0) is 45.8 Å². The summed E-state index contributed by atoms with van der Waals surface area (Å²) in [7, 11) is -3.70. The zero-order chi connectivity index (χ0) is 14.6. The van der Waals surface area contributed by atoms with Crippen LogP contribution in [0.3, 0.4) is 0 Å². The monoisotopic (exact) mass is 356 g/mol. The molecule has 2 aromatic rings. The summed E-state index contributed by atoms with van der Waals surface area (Å²) in [5.41, 5.74) is 1.07. The number of nitrogens with two attached hydrogens (primary N) is 1. The van der Waals surface area contributed by atoms with E-state index in [0.717, 1.165) is 12.0 Å². The lowest BCUT2D eigenvalue weighted by atomic mass is 10.2. The van der Waals surface area contributed by atoms with E-state index < -0.39 is 10.0 Å². The lowest BCUT2D eigenvalue weighted by Gasteiger charge is -2.09. The van der Waals surface area contributed by atoms with E-state index in [4.69, 9.17) is 9.88 Å². The highest BCUT2D eigenvalue weighted by atomic mass is 79.9. The number of ether oxygens (including phenoxy) is 1. The molecular weight excluding hydrogens is 344 g/mol. The molecule has 1 aromatic heterocycles. The Labute approximate surface area is 126 Å². The van der Waals surface area contributed by atoms with Crippen LogP contribution in [-0.4, -0.2) is 20.0 Å². The molecule has 0 saturated carbocycles. The van der Waals surface area contributed by atoms with Crippen LogP contribution in [0.1, 0.15) is 5.56 Å². The quantitative estimate of drug-likeness (QED) is 0.889. The van der Waals surface area contributed by atoms with Crippen molar-refractivity contribution in [2.45, 2.75) is 11.3 Å². The van der Waals surface area contributed by atoms with Gasteiger partial charge >= 0.3 is 0 Å². The zero-order valence-corrected chi connectivity index (χ0v) is 12.9. The van der Waals surface area contributed by atoms with E-state index in [-0.39, 0.29) is 4.90 Å². The predicted molar refractivity (Wildman–Crippen MR) is 79.0 cm³/mol. The van der Waals surface area contributed by atoms with Crippen molar-refractivity contribution < 1.29 is 13.2 Å². The molecule has 0 aliphatic rings. The van der Waals surface area contributed by atoms with Crippen LogP contribution in [0.5, 0.6) is 5.75 Å². The maximum absolute atomic E-state index is 11.2. The number of primary sulfonamides is 1. The summed E-state index contributed by atoms with van der Waals surface area (Å²) >= 11 is 3.27. The molecule has 20 heavy (non-hydrogen) atoms. The molecule has 0 spiro atoms. The number of nitrogens with zero attached hydrogens (tertiary/aromatic N) is 1. The average Bonchev–Trinajstić information content (AvgIpc) is 2.40. The Morgan fingerprint density at radius 1 is 1.30 bits per heavy atom. The van der Waals surface area contributed by atoms with Crippen LogP contribution >= 0.6 is 15.9 Å². The lowest BCUT2D eigenvalue weighted by Crippen LogP contribution is -2.12. The molecule has 106 valence electrons. The number of hydrogen-bond donors (Lipinski definition) is 1. The van der Waals surface area contributed by atoms with Crippen LogP contribution in [0, 0.1) is 0 Å². The minimum atomic E-state index is -3.70. The zero-order valence-electron chi connectivity index (χ0n) is 10.5. The third kappa shape index (κ3) is 4.03. The van der Waals surface area contributed by atoms with Gasteiger partial charge in [-0.15, -0.1) is 0 Å². The van der Waals surface area contributed by atoms with E-state index in [1.165, 1.54) is 12.1 Å². The van der Waals surface area contributed by atoms with Crippen LogP contribution < -0.4 is 9.88 Å². The summed E-state index contributed by atoms with van der Waals surface area (Å²) in [5, 5.41) is 5.06. The number of halogens is 1. The van der Waals surface area contributed by atoms with Gasteiger partial charge in [0.05, 0.1) is 16.0 Å². The van der Waals surface area contributed by atoms with Crippen molar-refractivity contribution in [3.05, 3.63) is 52.8 Å². The van der Waals surface area contributed by atoms with Crippen LogP contribution in [0.25, 0.3) is 0 Å². The van der Waals surface area contributed by atoms with Gasteiger partial charge in [0.1, 0.15) is 5.75 Å². The topological polar surface area (TPSA) is 82.3 Å². The van der Waals surface area contributed by atoms with E-state index in [2.05, 4.69) is 20.9 Å². The highest BCUT2D eigenvalue weighted by molar-refractivity contribution is 9.10. The average molecular weight is 357 g/mol. The second-order valence-electron chi connectivity index (χ2n) is 4.10. The minimum absolute atomic E-state index is 0.0454. The Bertz CT molecular complexity index is 690. The molecule has 7 heteroatoms. The smallest absolute Gasteiger partial charge is 0.238 e. The van der Waals surface area contributed by atoms with Gasteiger partial charge in [-0.2, -0.15) is 0 Å². The summed E-state index contributed by atoms with van der Waals surface area (Å²) in [6.45, 7) is 0.471. The van der Waals surface area contributed by atoms with Gasteiger partial charge in [0.15, 0.2) is 0 Å². The number of aromatic nitrogens is 1. The lowest BCUT2D eigenvalue weighted by molar-refractivity contribution is 0.319. The Morgan fingerprint density at radius 2 is 2.10 bits per heavy atom. The number of rotatable bonds is 5.